The molecular formula is C13H14N2O4. The van der Waals surface area contributed by atoms with Crippen molar-refractivity contribution in [2.45, 2.75) is 13.8 Å². The Hall–Kier alpha value is -2.42. The van der Waals surface area contributed by atoms with Gasteiger partial charge in [0, 0.05) is 11.6 Å². The summed E-state index contributed by atoms with van der Waals surface area (Å²) < 4.78 is 4.86. The van der Waals surface area contributed by atoms with Crippen LogP contribution in [0, 0.1) is 33.3 Å². The zero-order chi connectivity index (χ0) is 14.6. The summed E-state index contributed by atoms with van der Waals surface area (Å²) in [6.45, 7) is 3.51. The second-order valence-electron chi connectivity index (χ2n) is 4.36. The van der Waals surface area contributed by atoms with Crippen LogP contribution >= 0.6 is 0 Å². The average Bonchev–Trinajstić information content (AvgIpc) is 2.38. The van der Waals surface area contributed by atoms with Gasteiger partial charge in [-0.25, -0.2) is 0 Å². The fourth-order valence-corrected chi connectivity index (χ4v) is 1.68. The maximum Gasteiger partial charge on any atom is 0.311 e. The Morgan fingerprint density at radius 1 is 1.47 bits per heavy atom. The number of methoxy groups -OCH3 is 1. The molecule has 0 amide bonds. The van der Waals surface area contributed by atoms with Crippen LogP contribution in [-0.4, -0.2) is 17.8 Å². The molecule has 0 fully saturated rings. The number of nitro groups is 1. The highest BCUT2D eigenvalue weighted by Crippen LogP contribution is 2.29. The SMILES string of the molecule is COc1ccc(C(=O)C(C#N)C(C)C)cc1[N+](=O)[O-]. The monoisotopic (exact) mass is 262 g/mol. The van der Waals surface area contributed by atoms with Gasteiger partial charge in [-0.05, 0) is 18.1 Å². The van der Waals surface area contributed by atoms with Crippen molar-refractivity contribution in [3.8, 4) is 11.8 Å². The molecule has 19 heavy (non-hydrogen) atoms. The molecule has 0 radical (unpaired) electrons. The second-order valence-corrected chi connectivity index (χ2v) is 4.36. The summed E-state index contributed by atoms with van der Waals surface area (Å²) in [6.07, 6.45) is 0. The van der Waals surface area contributed by atoms with E-state index in [1.165, 1.54) is 19.2 Å². The lowest BCUT2D eigenvalue weighted by Gasteiger charge is -2.12. The minimum absolute atomic E-state index is 0.0830. The number of Topliss-reactive ketones (excluding diaryl/α,β-unsaturated/α-hetero) is 1. The van der Waals surface area contributed by atoms with Crippen molar-refractivity contribution in [2.75, 3.05) is 7.11 Å². The van der Waals surface area contributed by atoms with Gasteiger partial charge in [-0.2, -0.15) is 5.26 Å². The molecule has 0 saturated carbocycles. The molecule has 0 aliphatic carbocycles. The van der Waals surface area contributed by atoms with Gasteiger partial charge in [-0.15, -0.1) is 0 Å². The van der Waals surface area contributed by atoms with Crippen molar-refractivity contribution < 1.29 is 14.5 Å². The summed E-state index contributed by atoms with van der Waals surface area (Å²) in [6, 6.07) is 5.87. The van der Waals surface area contributed by atoms with E-state index < -0.39 is 16.6 Å². The molecule has 1 atom stereocenters. The first kappa shape index (κ1) is 14.6. The Bertz CT molecular complexity index is 546. The summed E-state index contributed by atoms with van der Waals surface area (Å²) >= 11 is 0. The van der Waals surface area contributed by atoms with E-state index in [0.29, 0.717) is 0 Å². The number of ether oxygens (including phenoxy) is 1. The highest BCUT2D eigenvalue weighted by molar-refractivity contribution is 6.00. The van der Waals surface area contributed by atoms with Crippen molar-refractivity contribution in [2.24, 2.45) is 11.8 Å². The first-order valence-corrected chi connectivity index (χ1v) is 5.68. The Kier molecular flexibility index (Phi) is 4.59. The van der Waals surface area contributed by atoms with Gasteiger partial charge >= 0.3 is 5.69 Å². The van der Waals surface area contributed by atoms with Crippen LogP contribution in [0.15, 0.2) is 18.2 Å². The Balaban J connectivity index is 3.23. The van der Waals surface area contributed by atoms with Crippen molar-refractivity contribution in [1.82, 2.24) is 0 Å². The molecule has 1 aromatic carbocycles. The van der Waals surface area contributed by atoms with Crippen LogP contribution in [0.25, 0.3) is 0 Å². The van der Waals surface area contributed by atoms with E-state index in [4.69, 9.17) is 10.00 Å². The van der Waals surface area contributed by atoms with Crippen LogP contribution in [0.1, 0.15) is 24.2 Å². The highest BCUT2D eigenvalue weighted by Gasteiger charge is 2.25. The molecular weight excluding hydrogens is 248 g/mol. The average molecular weight is 262 g/mol. The molecule has 100 valence electrons. The molecule has 0 aliphatic rings. The molecule has 1 aromatic rings. The molecule has 0 spiro atoms. The van der Waals surface area contributed by atoms with E-state index in [9.17, 15) is 14.9 Å². The first-order chi connectivity index (χ1) is 8.92. The van der Waals surface area contributed by atoms with Crippen LogP contribution in [0.5, 0.6) is 5.75 Å². The third-order valence-electron chi connectivity index (χ3n) is 2.75. The van der Waals surface area contributed by atoms with E-state index in [-0.39, 0.29) is 22.9 Å². The first-order valence-electron chi connectivity index (χ1n) is 5.68. The van der Waals surface area contributed by atoms with Gasteiger partial charge in [0.25, 0.3) is 0 Å². The molecule has 1 unspecified atom stereocenters. The van der Waals surface area contributed by atoms with E-state index in [1.807, 2.05) is 6.07 Å². The summed E-state index contributed by atoms with van der Waals surface area (Å²) in [5.74, 6) is -1.30. The number of rotatable bonds is 5. The number of carbonyl (C=O) groups is 1. The molecule has 0 bridgehead atoms. The Morgan fingerprint density at radius 2 is 2.11 bits per heavy atom. The molecule has 0 N–H and O–H groups in total. The predicted molar refractivity (Wildman–Crippen MR) is 67.9 cm³/mol. The molecule has 1 rings (SSSR count). The summed E-state index contributed by atoms with van der Waals surface area (Å²) in [7, 11) is 1.32. The molecule has 0 aliphatic heterocycles. The lowest BCUT2D eigenvalue weighted by atomic mass is 9.89. The maximum absolute atomic E-state index is 12.1. The zero-order valence-corrected chi connectivity index (χ0v) is 10.9. The molecule has 0 aromatic heterocycles. The van der Waals surface area contributed by atoms with Crippen LogP contribution in [-0.2, 0) is 0 Å². The van der Waals surface area contributed by atoms with Crippen molar-refractivity contribution in [3.63, 3.8) is 0 Å². The summed E-state index contributed by atoms with van der Waals surface area (Å²) in [4.78, 5) is 22.4. The minimum atomic E-state index is -0.812. The predicted octanol–water partition coefficient (Wildman–Crippen LogP) is 2.58. The van der Waals surface area contributed by atoms with Crippen LogP contribution < -0.4 is 4.74 Å². The zero-order valence-electron chi connectivity index (χ0n) is 10.9. The van der Waals surface area contributed by atoms with E-state index >= 15 is 0 Å². The summed E-state index contributed by atoms with van der Waals surface area (Å²) in [5, 5.41) is 19.9. The van der Waals surface area contributed by atoms with Crippen molar-refractivity contribution >= 4 is 11.5 Å². The van der Waals surface area contributed by atoms with Crippen molar-refractivity contribution in [3.05, 3.63) is 33.9 Å². The minimum Gasteiger partial charge on any atom is -0.490 e. The third-order valence-corrected chi connectivity index (χ3v) is 2.75. The number of nitrogens with zero attached hydrogens (tertiary/aromatic N) is 2. The lowest BCUT2D eigenvalue weighted by Crippen LogP contribution is -2.18. The Morgan fingerprint density at radius 3 is 2.53 bits per heavy atom. The van der Waals surface area contributed by atoms with E-state index in [1.54, 1.807) is 13.8 Å². The van der Waals surface area contributed by atoms with Crippen LogP contribution in [0.2, 0.25) is 0 Å². The fraction of sp³-hybridized carbons (Fsp3) is 0.385. The van der Waals surface area contributed by atoms with Gasteiger partial charge < -0.3 is 4.74 Å². The number of carbonyl (C=O) groups excluding carboxylic acids is 1. The third kappa shape index (κ3) is 3.07. The smallest absolute Gasteiger partial charge is 0.311 e. The molecule has 0 heterocycles. The number of hydrogen-bond acceptors (Lipinski definition) is 5. The summed E-state index contributed by atoms with van der Waals surface area (Å²) in [5.41, 5.74) is -0.137. The van der Waals surface area contributed by atoms with Gasteiger partial charge in [0.15, 0.2) is 11.5 Å². The van der Waals surface area contributed by atoms with Crippen LogP contribution in [0.3, 0.4) is 0 Å². The maximum atomic E-state index is 12.1. The largest absolute Gasteiger partial charge is 0.490 e. The van der Waals surface area contributed by atoms with Gasteiger partial charge in [0.05, 0.1) is 18.1 Å². The number of benzene rings is 1. The van der Waals surface area contributed by atoms with Gasteiger partial charge in [-0.3, -0.25) is 14.9 Å². The van der Waals surface area contributed by atoms with Crippen molar-refractivity contribution in [1.29, 1.82) is 5.26 Å². The van der Waals surface area contributed by atoms with E-state index in [2.05, 4.69) is 0 Å². The quantitative estimate of drug-likeness (QED) is 0.462. The topological polar surface area (TPSA) is 93.2 Å². The van der Waals surface area contributed by atoms with E-state index in [0.717, 1.165) is 6.07 Å². The molecule has 6 heteroatoms. The number of ketones is 1. The lowest BCUT2D eigenvalue weighted by molar-refractivity contribution is -0.385. The molecule has 6 nitrogen and oxygen atoms in total. The highest BCUT2D eigenvalue weighted by atomic mass is 16.6. The van der Waals surface area contributed by atoms with Gasteiger partial charge in [0.1, 0.15) is 5.92 Å². The standard InChI is InChI=1S/C13H14N2O4/c1-8(2)10(7-14)13(16)9-4-5-12(19-3)11(6-9)15(17)18/h4-6,8,10H,1-3H3. The normalized spacial score (nSPS) is 11.7. The fourth-order valence-electron chi connectivity index (χ4n) is 1.68. The number of hydrogen-bond donors (Lipinski definition) is 0. The number of nitriles is 1. The Labute approximate surface area is 110 Å². The van der Waals surface area contributed by atoms with Crippen LogP contribution in [0.4, 0.5) is 5.69 Å². The van der Waals surface area contributed by atoms with Gasteiger partial charge in [0.2, 0.25) is 0 Å². The number of nitro benzene ring substituents is 1. The molecule has 0 saturated heterocycles. The van der Waals surface area contributed by atoms with Gasteiger partial charge in [-0.1, -0.05) is 13.8 Å². The second kappa shape index (κ2) is 5.96.